The van der Waals surface area contributed by atoms with Crippen molar-refractivity contribution in [1.82, 2.24) is 10.2 Å². The Morgan fingerprint density at radius 1 is 1.35 bits per heavy atom. The van der Waals surface area contributed by atoms with Gasteiger partial charge in [-0.3, -0.25) is 4.90 Å². The Bertz CT molecular complexity index is 181. The second kappa shape index (κ2) is 8.90. The van der Waals surface area contributed by atoms with E-state index < -0.39 is 0 Å². The Morgan fingerprint density at radius 3 is 2.82 bits per heavy atom. The second-order valence-electron chi connectivity index (χ2n) is 5.19. The fourth-order valence-electron chi connectivity index (χ4n) is 2.80. The summed E-state index contributed by atoms with van der Waals surface area (Å²) in [6.07, 6.45) is 6.34. The van der Waals surface area contributed by atoms with Gasteiger partial charge in [0.25, 0.3) is 0 Å². The molecule has 0 bridgehead atoms. The molecule has 1 rings (SSSR count). The van der Waals surface area contributed by atoms with E-state index in [1.165, 1.54) is 51.7 Å². The minimum absolute atomic E-state index is 0.615. The molecule has 0 radical (unpaired) electrons. The van der Waals surface area contributed by atoms with E-state index in [0.717, 1.165) is 6.61 Å². The molecule has 2 atom stereocenters. The fraction of sp³-hybridized carbons (Fsp3) is 1.00. The summed E-state index contributed by atoms with van der Waals surface area (Å²) in [5, 5.41) is 3.67. The maximum absolute atomic E-state index is 5.38. The van der Waals surface area contributed by atoms with Crippen LogP contribution in [0.5, 0.6) is 0 Å². The van der Waals surface area contributed by atoms with Crippen molar-refractivity contribution in [2.24, 2.45) is 0 Å². The molecule has 1 heterocycles. The Hall–Kier alpha value is -0.120. The van der Waals surface area contributed by atoms with Crippen LogP contribution in [0.1, 0.15) is 46.0 Å². The van der Waals surface area contributed by atoms with E-state index >= 15 is 0 Å². The van der Waals surface area contributed by atoms with Gasteiger partial charge < -0.3 is 10.1 Å². The van der Waals surface area contributed by atoms with Gasteiger partial charge in [0.1, 0.15) is 0 Å². The predicted octanol–water partition coefficient (Wildman–Crippen LogP) is 2.27. The van der Waals surface area contributed by atoms with E-state index in [1.54, 1.807) is 0 Å². The van der Waals surface area contributed by atoms with Crippen molar-refractivity contribution >= 4 is 0 Å². The van der Waals surface area contributed by atoms with Gasteiger partial charge in [-0.25, -0.2) is 0 Å². The quantitative estimate of drug-likeness (QED) is 0.741. The molecule has 1 aliphatic rings. The highest BCUT2D eigenvalue weighted by molar-refractivity contribution is 4.81. The maximum Gasteiger partial charge on any atom is 0.0618 e. The van der Waals surface area contributed by atoms with Crippen LogP contribution < -0.4 is 5.32 Å². The topological polar surface area (TPSA) is 24.5 Å². The molecule has 1 aliphatic heterocycles. The predicted molar refractivity (Wildman–Crippen MR) is 73.5 cm³/mol. The van der Waals surface area contributed by atoms with Gasteiger partial charge >= 0.3 is 0 Å². The molecule has 0 amide bonds. The average Bonchev–Trinajstić information content (AvgIpc) is 2.55. The fourth-order valence-corrected chi connectivity index (χ4v) is 2.80. The number of nitrogens with zero attached hydrogens (tertiary/aromatic N) is 1. The number of hydrogen-bond acceptors (Lipinski definition) is 3. The van der Waals surface area contributed by atoms with Crippen molar-refractivity contribution < 1.29 is 4.74 Å². The third-order valence-corrected chi connectivity index (χ3v) is 3.64. The molecule has 2 unspecified atom stereocenters. The summed E-state index contributed by atoms with van der Waals surface area (Å²) >= 11 is 0. The molecule has 1 N–H and O–H groups in total. The summed E-state index contributed by atoms with van der Waals surface area (Å²) in [5.41, 5.74) is 0. The molecular weight excluding hydrogens is 212 g/mol. The number of ether oxygens (including phenoxy) is 1. The molecule has 3 heteroatoms. The van der Waals surface area contributed by atoms with Gasteiger partial charge in [0.05, 0.1) is 6.61 Å². The summed E-state index contributed by atoms with van der Waals surface area (Å²) in [6, 6.07) is 1.29. The lowest BCUT2D eigenvalue weighted by Gasteiger charge is -2.32. The van der Waals surface area contributed by atoms with Crippen molar-refractivity contribution in [3.8, 4) is 0 Å². The summed E-state index contributed by atoms with van der Waals surface area (Å²) in [5.74, 6) is 0. The standard InChI is InChI=1S/C14H30N2O/c1-4-7-13-11-16(10-6-9-15-13)14(8-5-2)12-17-3/h13-15H,4-12H2,1-3H3. The van der Waals surface area contributed by atoms with Crippen LogP contribution >= 0.6 is 0 Å². The molecule has 0 saturated carbocycles. The third-order valence-electron chi connectivity index (χ3n) is 3.64. The summed E-state index contributed by atoms with van der Waals surface area (Å²) < 4.78 is 5.38. The molecule has 0 aromatic heterocycles. The molecule has 1 saturated heterocycles. The summed E-state index contributed by atoms with van der Waals surface area (Å²) in [6.45, 7) is 9.01. The Balaban J connectivity index is 2.51. The van der Waals surface area contributed by atoms with E-state index in [9.17, 15) is 0 Å². The number of nitrogens with one attached hydrogen (secondary N) is 1. The van der Waals surface area contributed by atoms with Crippen LogP contribution in [-0.4, -0.2) is 50.3 Å². The van der Waals surface area contributed by atoms with Crippen LogP contribution in [0.25, 0.3) is 0 Å². The van der Waals surface area contributed by atoms with Crippen LogP contribution in [0, 0.1) is 0 Å². The zero-order chi connectivity index (χ0) is 12.5. The zero-order valence-electron chi connectivity index (χ0n) is 11.9. The minimum atomic E-state index is 0.615. The van der Waals surface area contributed by atoms with Crippen molar-refractivity contribution in [3.05, 3.63) is 0 Å². The van der Waals surface area contributed by atoms with Gasteiger partial charge in [-0.05, 0) is 32.4 Å². The molecule has 102 valence electrons. The highest BCUT2D eigenvalue weighted by atomic mass is 16.5. The van der Waals surface area contributed by atoms with E-state index in [2.05, 4.69) is 24.1 Å². The SMILES string of the molecule is CCCC1CN(C(CCC)COC)CCCN1. The minimum Gasteiger partial charge on any atom is -0.383 e. The second-order valence-corrected chi connectivity index (χ2v) is 5.19. The van der Waals surface area contributed by atoms with E-state index in [1.807, 2.05) is 7.11 Å². The normalized spacial score (nSPS) is 24.5. The number of rotatable bonds is 7. The number of methoxy groups -OCH3 is 1. The van der Waals surface area contributed by atoms with Gasteiger partial charge in [0, 0.05) is 25.7 Å². The lowest BCUT2D eigenvalue weighted by atomic mass is 10.1. The Kier molecular flexibility index (Phi) is 7.82. The lowest BCUT2D eigenvalue weighted by Crippen LogP contribution is -2.44. The Labute approximate surface area is 107 Å². The van der Waals surface area contributed by atoms with Crippen molar-refractivity contribution in [1.29, 1.82) is 0 Å². The van der Waals surface area contributed by atoms with Gasteiger partial charge in [-0.2, -0.15) is 0 Å². The zero-order valence-corrected chi connectivity index (χ0v) is 11.9. The Morgan fingerprint density at radius 2 is 2.18 bits per heavy atom. The lowest BCUT2D eigenvalue weighted by molar-refractivity contribution is 0.0825. The highest BCUT2D eigenvalue weighted by Crippen LogP contribution is 2.13. The molecule has 0 aromatic rings. The van der Waals surface area contributed by atoms with Crippen molar-refractivity contribution in [3.63, 3.8) is 0 Å². The maximum atomic E-state index is 5.38. The molecule has 0 spiro atoms. The average molecular weight is 242 g/mol. The van der Waals surface area contributed by atoms with Crippen LogP contribution in [0.4, 0.5) is 0 Å². The first-order valence-electron chi connectivity index (χ1n) is 7.28. The monoisotopic (exact) mass is 242 g/mol. The van der Waals surface area contributed by atoms with Gasteiger partial charge in [0.2, 0.25) is 0 Å². The van der Waals surface area contributed by atoms with E-state index in [-0.39, 0.29) is 0 Å². The molecule has 0 aliphatic carbocycles. The molecular formula is C14H30N2O. The van der Waals surface area contributed by atoms with Crippen LogP contribution in [0.15, 0.2) is 0 Å². The van der Waals surface area contributed by atoms with Crippen LogP contribution in [-0.2, 0) is 4.74 Å². The van der Waals surface area contributed by atoms with Gasteiger partial charge in [-0.15, -0.1) is 0 Å². The molecule has 1 fully saturated rings. The summed E-state index contributed by atoms with van der Waals surface area (Å²) in [4.78, 5) is 2.65. The van der Waals surface area contributed by atoms with Crippen molar-refractivity contribution in [2.75, 3.05) is 33.4 Å². The van der Waals surface area contributed by atoms with Gasteiger partial charge in [-0.1, -0.05) is 26.7 Å². The van der Waals surface area contributed by atoms with Crippen molar-refractivity contribution in [2.45, 2.75) is 58.0 Å². The molecule has 17 heavy (non-hydrogen) atoms. The van der Waals surface area contributed by atoms with E-state index in [4.69, 9.17) is 4.74 Å². The van der Waals surface area contributed by atoms with Crippen LogP contribution in [0.2, 0.25) is 0 Å². The summed E-state index contributed by atoms with van der Waals surface area (Å²) in [7, 11) is 1.82. The molecule has 0 aromatic carbocycles. The first-order valence-corrected chi connectivity index (χ1v) is 7.28. The molecule has 3 nitrogen and oxygen atoms in total. The first-order chi connectivity index (χ1) is 8.31. The highest BCUT2D eigenvalue weighted by Gasteiger charge is 2.23. The smallest absolute Gasteiger partial charge is 0.0618 e. The first kappa shape index (κ1) is 14.9. The third kappa shape index (κ3) is 5.36. The number of hydrogen-bond donors (Lipinski definition) is 1. The largest absolute Gasteiger partial charge is 0.383 e. The van der Waals surface area contributed by atoms with Gasteiger partial charge in [0.15, 0.2) is 0 Å². The van der Waals surface area contributed by atoms with E-state index in [0.29, 0.717) is 12.1 Å². The van der Waals surface area contributed by atoms with Crippen LogP contribution in [0.3, 0.4) is 0 Å².